The molecule has 1 fully saturated rings. The van der Waals surface area contributed by atoms with Crippen LogP contribution in [-0.2, 0) is 6.54 Å². The van der Waals surface area contributed by atoms with Gasteiger partial charge >= 0.3 is 0 Å². The molecule has 2 aromatic heterocycles. The van der Waals surface area contributed by atoms with Crippen LogP contribution in [0.1, 0.15) is 20.8 Å². The van der Waals surface area contributed by atoms with Crippen LogP contribution in [0.25, 0.3) is 10.2 Å². The number of carbonyl (C=O) groups excluding carboxylic acids is 1. The molecule has 0 N–H and O–H groups in total. The summed E-state index contributed by atoms with van der Waals surface area (Å²) in [6.07, 6.45) is 1.47. The lowest BCUT2D eigenvalue weighted by atomic mass is 10.1. The normalized spacial score (nSPS) is 13.9. The number of methoxy groups -OCH3 is 1. The first kappa shape index (κ1) is 23.0. The monoisotopic (exact) mass is 492 g/mol. The topological polar surface area (TPSA) is 67.7 Å². The summed E-state index contributed by atoms with van der Waals surface area (Å²) in [5.41, 5.74) is 2.20. The van der Waals surface area contributed by atoms with E-state index in [1.165, 1.54) is 34.4 Å². The Morgan fingerprint density at radius 2 is 1.86 bits per heavy atom. The Bertz CT molecular complexity index is 1440. The van der Waals surface area contributed by atoms with Crippen molar-refractivity contribution in [3.8, 4) is 5.75 Å². The van der Waals surface area contributed by atoms with Crippen LogP contribution >= 0.6 is 11.3 Å². The summed E-state index contributed by atoms with van der Waals surface area (Å²) in [5, 5.41) is 0.453. The van der Waals surface area contributed by atoms with Crippen LogP contribution in [0.3, 0.4) is 0 Å². The molecule has 1 aliphatic rings. The quantitative estimate of drug-likeness (QED) is 0.422. The van der Waals surface area contributed by atoms with Crippen molar-refractivity contribution in [3.05, 3.63) is 87.0 Å². The van der Waals surface area contributed by atoms with Crippen molar-refractivity contribution in [2.75, 3.05) is 38.2 Å². The molecule has 3 heterocycles. The molecule has 1 saturated heterocycles. The van der Waals surface area contributed by atoms with Gasteiger partial charge in [0.15, 0.2) is 0 Å². The van der Waals surface area contributed by atoms with Crippen molar-refractivity contribution < 1.29 is 13.9 Å². The molecule has 0 radical (unpaired) electrons. The Morgan fingerprint density at radius 3 is 2.54 bits per heavy atom. The Labute approximate surface area is 206 Å². The molecule has 0 spiro atoms. The molecular weight excluding hydrogens is 467 g/mol. The van der Waals surface area contributed by atoms with Gasteiger partial charge in [-0.2, -0.15) is 0 Å². The first-order chi connectivity index (χ1) is 16.9. The predicted molar refractivity (Wildman–Crippen MR) is 135 cm³/mol. The van der Waals surface area contributed by atoms with E-state index in [9.17, 15) is 14.0 Å². The number of benzene rings is 2. The van der Waals surface area contributed by atoms with Gasteiger partial charge in [-0.3, -0.25) is 14.2 Å². The molecule has 0 unspecified atom stereocenters. The van der Waals surface area contributed by atoms with Crippen LogP contribution in [0.5, 0.6) is 5.75 Å². The number of anilines is 1. The first-order valence-corrected chi connectivity index (χ1v) is 12.2. The molecule has 9 heteroatoms. The molecule has 0 atom stereocenters. The Kier molecular flexibility index (Phi) is 6.25. The maximum absolute atomic E-state index is 13.6. The minimum atomic E-state index is -0.351. The van der Waals surface area contributed by atoms with Crippen LogP contribution < -0.4 is 15.2 Å². The van der Waals surface area contributed by atoms with Crippen LogP contribution in [0.15, 0.2) is 59.7 Å². The highest BCUT2D eigenvalue weighted by molar-refractivity contribution is 7.20. The molecule has 35 heavy (non-hydrogen) atoms. The smallest absolute Gasteiger partial charge is 0.264 e. The van der Waals surface area contributed by atoms with E-state index in [-0.39, 0.29) is 23.8 Å². The van der Waals surface area contributed by atoms with Crippen LogP contribution in [0, 0.1) is 12.7 Å². The number of ether oxygens (including phenoxy) is 1. The number of carbonyl (C=O) groups is 1. The zero-order valence-electron chi connectivity index (χ0n) is 19.5. The molecule has 0 saturated carbocycles. The fourth-order valence-corrected chi connectivity index (χ4v) is 5.52. The van der Waals surface area contributed by atoms with Gasteiger partial charge in [0.1, 0.15) is 16.4 Å². The second-order valence-corrected chi connectivity index (χ2v) is 9.52. The van der Waals surface area contributed by atoms with Crippen molar-refractivity contribution in [2.24, 2.45) is 0 Å². The number of halogens is 1. The third-order valence-corrected chi connectivity index (χ3v) is 7.55. The number of piperazine rings is 1. The summed E-state index contributed by atoms with van der Waals surface area (Å²) in [7, 11) is 1.64. The summed E-state index contributed by atoms with van der Waals surface area (Å²) < 4.78 is 20.2. The molecule has 1 amide bonds. The summed E-state index contributed by atoms with van der Waals surface area (Å²) in [4.78, 5) is 36.2. The van der Waals surface area contributed by atoms with E-state index in [2.05, 4.69) is 9.88 Å². The summed E-state index contributed by atoms with van der Waals surface area (Å²) >= 11 is 1.26. The van der Waals surface area contributed by atoms with Gasteiger partial charge in [-0.15, -0.1) is 11.3 Å². The lowest BCUT2D eigenvalue weighted by molar-refractivity contribution is 0.0751. The lowest BCUT2D eigenvalue weighted by Crippen LogP contribution is -2.48. The standard InChI is InChI=1S/C26H25FN4O3S/c1-17-22-24(28-16-31(25(22)32)15-18-4-3-5-19(27)14-18)35-23(17)26(33)30-12-10-29(11-13-30)20-6-8-21(34-2)9-7-20/h3-9,14,16H,10-13,15H2,1-2H3. The Morgan fingerprint density at radius 1 is 1.11 bits per heavy atom. The van der Waals surface area contributed by atoms with E-state index in [0.717, 1.165) is 24.5 Å². The zero-order chi connectivity index (χ0) is 24.5. The molecule has 5 rings (SSSR count). The highest BCUT2D eigenvalue weighted by atomic mass is 32.1. The van der Waals surface area contributed by atoms with Crippen molar-refractivity contribution in [1.82, 2.24) is 14.5 Å². The minimum absolute atomic E-state index is 0.0732. The van der Waals surface area contributed by atoms with Crippen molar-refractivity contribution in [1.29, 1.82) is 0 Å². The average Bonchev–Trinajstić information content (AvgIpc) is 3.22. The SMILES string of the molecule is COc1ccc(N2CCN(C(=O)c3sc4ncn(Cc5cccc(F)c5)c(=O)c4c3C)CC2)cc1. The van der Waals surface area contributed by atoms with E-state index in [0.29, 0.717) is 39.3 Å². The van der Waals surface area contributed by atoms with Crippen molar-refractivity contribution >= 4 is 33.1 Å². The van der Waals surface area contributed by atoms with Gasteiger partial charge in [0.05, 0.1) is 30.2 Å². The van der Waals surface area contributed by atoms with Crippen LogP contribution in [0.2, 0.25) is 0 Å². The molecule has 0 aliphatic carbocycles. The molecule has 4 aromatic rings. The molecule has 1 aliphatic heterocycles. The van der Waals surface area contributed by atoms with Crippen molar-refractivity contribution in [3.63, 3.8) is 0 Å². The predicted octanol–water partition coefficient (Wildman–Crippen LogP) is 3.92. The highest BCUT2D eigenvalue weighted by Gasteiger charge is 2.27. The van der Waals surface area contributed by atoms with E-state index in [1.54, 1.807) is 26.2 Å². The van der Waals surface area contributed by atoms with Gasteiger partial charge < -0.3 is 14.5 Å². The van der Waals surface area contributed by atoms with E-state index in [4.69, 9.17) is 4.74 Å². The van der Waals surface area contributed by atoms with Gasteiger partial charge in [-0.1, -0.05) is 12.1 Å². The second kappa shape index (κ2) is 9.50. The molecule has 180 valence electrons. The van der Waals surface area contributed by atoms with Crippen LogP contribution in [0.4, 0.5) is 10.1 Å². The molecule has 0 bridgehead atoms. The van der Waals surface area contributed by atoms with Gasteiger partial charge in [-0.25, -0.2) is 9.37 Å². The van der Waals surface area contributed by atoms with Gasteiger partial charge in [0.2, 0.25) is 0 Å². The summed E-state index contributed by atoms with van der Waals surface area (Å²) in [5.74, 6) is 0.388. The molecular formula is C26H25FN4O3S. The summed E-state index contributed by atoms with van der Waals surface area (Å²) in [6.45, 7) is 4.65. The van der Waals surface area contributed by atoms with E-state index in [1.807, 2.05) is 29.2 Å². The Balaban J connectivity index is 1.34. The van der Waals surface area contributed by atoms with Gasteiger partial charge in [0.25, 0.3) is 11.5 Å². The number of nitrogens with zero attached hydrogens (tertiary/aromatic N) is 4. The van der Waals surface area contributed by atoms with Crippen LogP contribution in [-0.4, -0.2) is 53.6 Å². The number of aromatic nitrogens is 2. The summed E-state index contributed by atoms with van der Waals surface area (Å²) in [6, 6.07) is 14.1. The number of thiophene rings is 1. The minimum Gasteiger partial charge on any atom is -0.497 e. The number of hydrogen-bond acceptors (Lipinski definition) is 6. The van der Waals surface area contributed by atoms with E-state index < -0.39 is 0 Å². The fraction of sp³-hybridized carbons (Fsp3) is 0.269. The van der Waals surface area contributed by atoms with Gasteiger partial charge in [0, 0.05) is 31.9 Å². The maximum Gasteiger partial charge on any atom is 0.264 e. The third-order valence-electron chi connectivity index (χ3n) is 6.36. The van der Waals surface area contributed by atoms with Crippen molar-refractivity contribution in [2.45, 2.75) is 13.5 Å². The fourth-order valence-electron chi connectivity index (χ4n) is 4.41. The molecule has 7 nitrogen and oxygen atoms in total. The largest absolute Gasteiger partial charge is 0.497 e. The zero-order valence-corrected chi connectivity index (χ0v) is 20.3. The first-order valence-electron chi connectivity index (χ1n) is 11.4. The third kappa shape index (κ3) is 4.51. The number of amides is 1. The Hall–Kier alpha value is -3.72. The average molecular weight is 493 g/mol. The van der Waals surface area contributed by atoms with E-state index >= 15 is 0 Å². The number of fused-ring (bicyclic) bond motifs is 1. The number of aryl methyl sites for hydroxylation is 1. The number of hydrogen-bond donors (Lipinski definition) is 0. The number of rotatable bonds is 5. The molecule has 2 aromatic carbocycles. The van der Waals surface area contributed by atoms with Gasteiger partial charge in [-0.05, 0) is 54.4 Å². The maximum atomic E-state index is 13.6. The second-order valence-electron chi connectivity index (χ2n) is 8.52. The lowest BCUT2D eigenvalue weighted by Gasteiger charge is -2.36. The highest BCUT2D eigenvalue weighted by Crippen LogP contribution is 2.29.